The molecule has 1 heterocycles. The summed E-state index contributed by atoms with van der Waals surface area (Å²) in [5.74, 6) is -3.89. The average Bonchev–Trinajstić information content (AvgIpc) is 2.68. The second-order valence-electron chi connectivity index (χ2n) is 6.26. The molecule has 1 aromatic carbocycles. The third-order valence-corrected chi connectivity index (χ3v) is 5.18. The van der Waals surface area contributed by atoms with Gasteiger partial charge >= 0.3 is 0 Å². The minimum atomic E-state index is -3.09. The van der Waals surface area contributed by atoms with Crippen molar-refractivity contribution >= 4 is 17.7 Å². The van der Waals surface area contributed by atoms with E-state index in [9.17, 15) is 18.0 Å². The quantitative estimate of drug-likeness (QED) is 0.577. The van der Waals surface area contributed by atoms with Crippen LogP contribution in [0.4, 0.5) is 13.2 Å². The largest absolute Gasteiger partial charge is 0.382 e. The van der Waals surface area contributed by atoms with Crippen molar-refractivity contribution in [1.82, 2.24) is 10.3 Å². The summed E-state index contributed by atoms with van der Waals surface area (Å²) in [5, 5.41) is 3.18. The first kappa shape index (κ1) is 22.2. The minimum Gasteiger partial charge on any atom is -0.382 e. The van der Waals surface area contributed by atoms with Crippen LogP contribution >= 0.6 is 11.8 Å². The molecule has 0 aliphatic heterocycles. The number of rotatable bonds is 10. The molecular formula is C20H23F3N2O2S. The van der Waals surface area contributed by atoms with E-state index in [-0.39, 0.29) is 23.3 Å². The molecule has 0 aliphatic carbocycles. The number of benzene rings is 1. The Morgan fingerprint density at radius 2 is 2.00 bits per heavy atom. The molecule has 0 fully saturated rings. The summed E-state index contributed by atoms with van der Waals surface area (Å²) < 4.78 is 46.6. The zero-order chi connectivity index (χ0) is 20.6. The Kier molecular flexibility index (Phi) is 8.32. The van der Waals surface area contributed by atoms with Crippen molar-refractivity contribution in [3.05, 3.63) is 59.5 Å². The first-order valence-electron chi connectivity index (χ1n) is 8.86. The van der Waals surface area contributed by atoms with Crippen LogP contribution in [0.5, 0.6) is 0 Å². The van der Waals surface area contributed by atoms with Crippen molar-refractivity contribution in [3.8, 4) is 0 Å². The number of thioether (sulfide) groups is 1. The van der Waals surface area contributed by atoms with E-state index in [1.807, 2.05) is 6.92 Å². The van der Waals surface area contributed by atoms with Gasteiger partial charge in [-0.05, 0) is 37.6 Å². The number of nitrogens with one attached hydrogen (secondary N) is 1. The molecule has 0 saturated carbocycles. The number of alkyl halides is 2. The van der Waals surface area contributed by atoms with Crippen LogP contribution in [0.1, 0.15) is 35.7 Å². The van der Waals surface area contributed by atoms with Gasteiger partial charge in [-0.2, -0.15) is 0 Å². The topological polar surface area (TPSA) is 51.2 Å². The number of carbonyl (C=O) groups is 1. The fraction of sp³-hybridized carbons (Fsp3) is 0.400. The fourth-order valence-electron chi connectivity index (χ4n) is 2.39. The van der Waals surface area contributed by atoms with E-state index in [0.717, 1.165) is 36.0 Å². The maximum atomic E-state index is 14.3. The van der Waals surface area contributed by atoms with Crippen LogP contribution < -0.4 is 5.32 Å². The van der Waals surface area contributed by atoms with E-state index in [1.165, 1.54) is 6.20 Å². The van der Waals surface area contributed by atoms with E-state index in [2.05, 4.69) is 10.3 Å². The van der Waals surface area contributed by atoms with Gasteiger partial charge in [-0.1, -0.05) is 12.1 Å². The van der Waals surface area contributed by atoms with E-state index >= 15 is 0 Å². The Balaban J connectivity index is 1.93. The molecular weight excluding hydrogens is 389 g/mol. The zero-order valence-electron chi connectivity index (χ0n) is 15.8. The van der Waals surface area contributed by atoms with Crippen LogP contribution in [-0.4, -0.2) is 36.4 Å². The highest BCUT2D eigenvalue weighted by atomic mass is 32.2. The van der Waals surface area contributed by atoms with Crippen molar-refractivity contribution in [3.63, 3.8) is 0 Å². The number of pyridine rings is 1. The summed E-state index contributed by atoms with van der Waals surface area (Å²) in [6.45, 7) is 2.34. The maximum Gasteiger partial charge on any atom is 0.274 e. The molecule has 0 radical (unpaired) electrons. The molecule has 152 valence electrons. The number of carbonyl (C=O) groups excluding carboxylic acids is 1. The Hall–Kier alpha value is -2.06. The highest BCUT2D eigenvalue weighted by Crippen LogP contribution is 2.34. The fourth-order valence-corrected chi connectivity index (χ4v) is 3.40. The van der Waals surface area contributed by atoms with Crippen LogP contribution in [0.15, 0.2) is 47.6 Å². The lowest BCUT2D eigenvalue weighted by Crippen LogP contribution is -2.27. The normalized spacial score (nSPS) is 12.6. The molecule has 0 saturated heterocycles. The van der Waals surface area contributed by atoms with Gasteiger partial charge in [0.25, 0.3) is 11.8 Å². The molecule has 28 heavy (non-hydrogen) atoms. The van der Waals surface area contributed by atoms with Crippen molar-refractivity contribution in [1.29, 1.82) is 0 Å². The Bertz CT molecular complexity index is 772. The highest BCUT2D eigenvalue weighted by molar-refractivity contribution is 7.99. The van der Waals surface area contributed by atoms with Crippen LogP contribution in [0, 0.1) is 5.82 Å². The van der Waals surface area contributed by atoms with Gasteiger partial charge in [-0.15, -0.1) is 11.8 Å². The summed E-state index contributed by atoms with van der Waals surface area (Å²) >= 11 is 1.09. The van der Waals surface area contributed by atoms with Gasteiger partial charge in [0.05, 0.1) is 11.7 Å². The lowest BCUT2D eigenvalue weighted by Gasteiger charge is -2.17. The lowest BCUT2D eigenvalue weighted by atomic mass is 10.1. The van der Waals surface area contributed by atoms with Gasteiger partial charge in [0.1, 0.15) is 10.8 Å². The number of hydrogen-bond donors (Lipinski definition) is 1. The summed E-state index contributed by atoms with van der Waals surface area (Å²) in [6, 6.07) is 7.44. The van der Waals surface area contributed by atoms with Crippen molar-refractivity contribution in [2.24, 2.45) is 0 Å². The Morgan fingerprint density at radius 3 is 2.68 bits per heavy atom. The SMILES string of the molecule is COC(C)CCNC(=O)c1cccnc1SCCC(F)(F)c1ccc(F)cc1. The van der Waals surface area contributed by atoms with Crippen LogP contribution in [0.3, 0.4) is 0 Å². The molecule has 2 rings (SSSR count). The molecule has 1 aromatic heterocycles. The molecule has 8 heteroatoms. The third kappa shape index (κ3) is 6.53. The smallest absolute Gasteiger partial charge is 0.274 e. The monoisotopic (exact) mass is 412 g/mol. The molecule has 0 bridgehead atoms. The van der Waals surface area contributed by atoms with Crippen LogP contribution in [0.25, 0.3) is 0 Å². The predicted molar refractivity (Wildman–Crippen MR) is 103 cm³/mol. The summed E-state index contributed by atoms with van der Waals surface area (Å²) in [6.07, 6.45) is 1.75. The van der Waals surface area contributed by atoms with Crippen molar-refractivity contribution in [2.75, 3.05) is 19.4 Å². The summed E-state index contributed by atoms with van der Waals surface area (Å²) in [5.41, 5.74) is 0.114. The number of nitrogens with zero attached hydrogens (tertiary/aromatic N) is 1. The maximum absolute atomic E-state index is 14.3. The zero-order valence-corrected chi connectivity index (χ0v) is 16.6. The van der Waals surface area contributed by atoms with Gasteiger partial charge in [0.2, 0.25) is 0 Å². The molecule has 1 amide bonds. The molecule has 1 N–H and O–H groups in total. The first-order chi connectivity index (χ1) is 13.3. The number of hydrogen-bond acceptors (Lipinski definition) is 4. The number of aromatic nitrogens is 1. The second kappa shape index (κ2) is 10.5. The number of ether oxygens (including phenoxy) is 1. The second-order valence-corrected chi connectivity index (χ2v) is 7.34. The van der Waals surface area contributed by atoms with Crippen molar-refractivity contribution < 1.29 is 22.7 Å². The lowest BCUT2D eigenvalue weighted by molar-refractivity contribution is -0.00707. The molecule has 2 aromatic rings. The average molecular weight is 412 g/mol. The first-order valence-corrected chi connectivity index (χ1v) is 9.84. The van der Waals surface area contributed by atoms with E-state index in [1.54, 1.807) is 19.2 Å². The van der Waals surface area contributed by atoms with E-state index in [0.29, 0.717) is 23.6 Å². The highest BCUT2D eigenvalue weighted by Gasteiger charge is 2.31. The van der Waals surface area contributed by atoms with Gasteiger partial charge in [-0.3, -0.25) is 4.79 Å². The molecule has 0 spiro atoms. The third-order valence-electron chi connectivity index (χ3n) is 4.18. The Labute approximate surface area is 166 Å². The summed E-state index contributed by atoms with van der Waals surface area (Å²) in [7, 11) is 1.60. The molecule has 1 unspecified atom stereocenters. The molecule has 0 aliphatic rings. The van der Waals surface area contributed by atoms with Gasteiger partial charge in [0.15, 0.2) is 0 Å². The van der Waals surface area contributed by atoms with Gasteiger partial charge in [-0.25, -0.2) is 18.2 Å². The number of methoxy groups -OCH3 is 1. The van der Waals surface area contributed by atoms with E-state index in [4.69, 9.17) is 4.74 Å². The number of halogens is 3. The molecule has 1 atom stereocenters. The Morgan fingerprint density at radius 1 is 1.29 bits per heavy atom. The van der Waals surface area contributed by atoms with Crippen LogP contribution in [-0.2, 0) is 10.7 Å². The number of amides is 1. The minimum absolute atomic E-state index is 0.0248. The standard InChI is InChI=1S/C20H23F3N2O2S/c1-14(27-2)9-12-24-18(26)17-4-3-11-25-19(17)28-13-10-20(22,23)15-5-7-16(21)8-6-15/h3-8,11,14H,9-10,12-13H2,1-2H3,(H,24,26). The summed E-state index contributed by atoms with van der Waals surface area (Å²) in [4.78, 5) is 16.5. The molecule has 4 nitrogen and oxygen atoms in total. The predicted octanol–water partition coefficient (Wildman–Crippen LogP) is 4.65. The van der Waals surface area contributed by atoms with Crippen LogP contribution in [0.2, 0.25) is 0 Å². The van der Waals surface area contributed by atoms with Crippen molar-refractivity contribution in [2.45, 2.75) is 36.8 Å². The van der Waals surface area contributed by atoms with Gasteiger partial charge in [0, 0.05) is 37.6 Å². The van der Waals surface area contributed by atoms with Gasteiger partial charge < -0.3 is 10.1 Å². The van der Waals surface area contributed by atoms with E-state index < -0.39 is 18.2 Å².